The summed E-state index contributed by atoms with van der Waals surface area (Å²) < 4.78 is 29.0. The number of esters is 4. The second-order valence-corrected chi connectivity index (χ2v) is 13.4. The normalized spacial score (nSPS) is 22.2. The van der Waals surface area contributed by atoms with Gasteiger partial charge in [-0.3, -0.25) is 19.3 Å². The SMILES string of the molecule is COC(=O)[C@H]1O[C@@H](N(C)CCCN2c3ccccc3CCc3ccccc32)[C@H](OC(=O)C(C)C)[C@@H](OC(=O)C(C)C)[C@@H]1OC(=O)C(C)C. The minimum atomic E-state index is -1.45. The summed E-state index contributed by atoms with van der Waals surface area (Å²) in [5, 5.41) is 0. The first-order chi connectivity index (χ1) is 22.8. The molecule has 4 rings (SSSR count). The van der Waals surface area contributed by atoms with Gasteiger partial charge in [-0.2, -0.15) is 0 Å². The summed E-state index contributed by atoms with van der Waals surface area (Å²) in [6.45, 7) is 11.1. The number of para-hydroxylation sites is 2. The van der Waals surface area contributed by atoms with Crippen LogP contribution in [0.2, 0.25) is 0 Å². The highest BCUT2D eigenvalue weighted by atomic mass is 16.7. The monoisotopic (exact) mass is 666 g/mol. The van der Waals surface area contributed by atoms with E-state index in [0.29, 0.717) is 19.5 Å². The summed E-state index contributed by atoms with van der Waals surface area (Å²) in [6.07, 6.45) is -3.94. The molecule has 0 aliphatic carbocycles. The lowest BCUT2D eigenvalue weighted by molar-refractivity contribution is -0.273. The topological polar surface area (TPSA) is 121 Å². The molecule has 1 fully saturated rings. The van der Waals surface area contributed by atoms with E-state index in [2.05, 4.69) is 41.3 Å². The van der Waals surface area contributed by atoms with Crippen molar-refractivity contribution in [2.45, 2.75) is 91.4 Å². The molecule has 48 heavy (non-hydrogen) atoms. The smallest absolute Gasteiger partial charge is 0.339 e. The van der Waals surface area contributed by atoms with Crippen LogP contribution < -0.4 is 4.90 Å². The first-order valence-electron chi connectivity index (χ1n) is 16.8. The highest BCUT2D eigenvalue weighted by Crippen LogP contribution is 2.36. The molecule has 11 heteroatoms. The first kappa shape index (κ1) is 36.9. The van der Waals surface area contributed by atoms with E-state index in [1.54, 1.807) is 48.6 Å². The molecule has 11 nitrogen and oxygen atoms in total. The van der Waals surface area contributed by atoms with Gasteiger partial charge in [0, 0.05) is 24.5 Å². The van der Waals surface area contributed by atoms with Crippen LogP contribution in [0.3, 0.4) is 0 Å². The second-order valence-electron chi connectivity index (χ2n) is 13.4. The minimum absolute atomic E-state index is 0.455. The van der Waals surface area contributed by atoms with E-state index < -0.39 is 72.3 Å². The van der Waals surface area contributed by atoms with Crippen LogP contribution >= 0.6 is 0 Å². The van der Waals surface area contributed by atoms with E-state index in [1.165, 1.54) is 18.2 Å². The van der Waals surface area contributed by atoms with E-state index in [-0.39, 0.29) is 0 Å². The molecular weight excluding hydrogens is 616 g/mol. The molecule has 2 aromatic carbocycles. The third kappa shape index (κ3) is 8.54. The molecule has 1 saturated heterocycles. The number of likely N-dealkylation sites (N-methyl/N-ethyl adjacent to an activating group) is 1. The third-order valence-electron chi connectivity index (χ3n) is 8.67. The quantitative estimate of drug-likeness (QED) is 0.228. The molecule has 0 spiro atoms. The molecule has 5 atom stereocenters. The van der Waals surface area contributed by atoms with E-state index in [4.69, 9.17) is 23.7 Å². The lowest BCUT2D eigenvalue weighted by Gasteiger charge is -2.46. The molecule has 2 heterocycles. The fourth-order valence-corrected chi connectivity index (χ4v) is 5.90. The molecule has 2 aromatic rings. The number of ether oxygens (including phenoxy) is 5. The summed E-state index contributed by atoms with van der Waals surface area (Å²) in [7, 11) is 2.99. The molecule has 0 saturated carbocycles. The Kier molecular flexibility index (Phi) is 12.6. The van der Waals surface area contributed by atoms with Crippen LogP contribution in [0.4, 0.5) is 11.4 Å². The van der Waals surface area contributed by atoms with Crippen molar-refractivity contribution < 1.29 is 42.9 Å². The number of aryl methyl sites for hydroxylation is 2. The van der Waals surface area contributed by atoms with Gasteiger partial charge < -0.3 is 28.6 Å². The molecule has 0 amide bonds. The molecule has 0 bridgehead atoms. The molecule has 0 N–H and O–H groups in total. The molecular formula is C37H50N2O9. The molecule has 262 valence electrons. The van der Waals surface area contributed by atoms with Crippen LogP contribution in [0.15, 0.2) is 48.5 Å². The third-order valence-corrected chi connectivity index (χ3v) is 8.67. The fraction of sp³-hybridized carbons (Fsp3) is 0.568. The Morgan fingerprint density at radius 2 is 1.21 bits per heavy atom. The van der Waals surface area contributed by atoms with Crippen LogP contribution in [0.1, 0.15) is 59.1 Å². The first-order valence-corrected chi connectivity index (χ1v) is 16.8. The average Bonchev–Trinajstić information content (AvgIpc) is 3.22. The lowest BCUT2D eigenvalue weighted by Crippen LogP contribution is -2.67. The standard InChI is InChI=1S/C37H50N2O9/c1-22(2)34(40)46-29-30(47-35(41)23(3)4)32(37(43)44-8)45-33(31(29)48-36(42)24(5)6)38(7)20-13-21-39-27-16-11-9-14-25(27)18-19-26-15-10-12-17-28(26)39/h9-12,14-17,22-24,29-33H,13,18-21H2,1-8H3/t29-,30-,31+,32-,33+/m0/s1. The predicted molar refractivity (Wildman–Crippen MR) is 179 cm³/mol. The highest BCUT2D eigenvalue weighted by molar-refractivity contribution is 5.78. The number of hydrogen-bond donors (Lipinski definition) is 0. The largest absolute Gasteiger partial charge is 0.467 e. The van der Waals surface area contributed by atoms with Gasteiger partial charge in [0.15, 0.2) is 30.6 Å². The number of rotatable bonds is 12. The Bertz CT molecular complexity index is 1390. The lowest BCUT2D eigenvalue weighted by atomic mass is 9.95. The number of carbonyl (C=O) groups excluding carboxylic acids is 4. The Morgan fingerprint density at radius 3 is 1.69 bits per heavy atom. The van der Waals surface area contributed by atoms with Crippen LogP contribution in [0.5, 0.6) is 0 Å². The second kappa shape index (κ2) is 16.4. The van der Waals surface area contributed by atoms with Crippen molar-refractivity contribution in [3.05, 3.63) is 59.7 Å². The van der Waals surface area contributed by atoms with Crippen LogP contribution in [-0.4, -0.2) is 86.7 Å². The summed E-state index contributed by atoms with van der Waals surface area (Å²) in [5.41, 5.74) is 4.86. The van der Waals surface area contributed by atoms with E-state index in [9.17, 15) is 19.2 Å². The summed E-state index contributed by atoms with van der Waals surface area (Å²) >= 11 is 0. The zero-order valence-electron chi connectivity index (χ0n) is 29.3. The Morgan fingerprint density at radius 1 is 0.750 bits per heavy atom. The van der Waals surface area contributed by atoms with Gasteiger partial charge in [-0.25, -0.2) is 4.79 Å². The highest BCUT2D eigenvalue weighted by Gasteiger charge is 2.56. The van der Waals surface area contributed by atoms with Crippen molar-refractivity contribution in [3.8, 4) is 0 Å². The van der Waals surface area contributed by atoms with Gasteiger partial charge in [-0.1, -0.05) is 77.9 Å². The molecule has 0 radical (unpaired) electrons. The van der Waals surface area contributed by atoms with Crippen LogP contribution in [0, 0.1) is 17.8 Å². The number of nitrogens with zero attached hydrogens (tertiary/aromatic N) is 2. The molecule has 0 aromatic heterocycles. The number of carbonyl (C=O) groups is 4. The van der Waals surface area contributed by atoms with Crippen molar-refractivity contribution in [2.24, 2.45) is 17.8 Å². The number of hydrogen-bond acceptors (Lipinski definition) is 11. The fourth-order valence-electron chi connectivity index (χ4n) is 5.90. The van der Waals surface area contributed by atoms with Crippen LogP contribution in [0.25, 0.3) is 0 Å². The number of methoxy groups -OCH3 is 1. The summed E-state index contributed by atoms with van der Waals surface area (Å²) in [6, 6.07) is 16.8. The number of fused-ring (bicyclic) bond motifs is 2. The minimum Gasteiger partial charge on any atom is -0.467 e. The maximum Gasteiger partial charge on any atom is 0.339 e. The van der Waals surface area contributed by atoms with Crippen molar-refractivity contribution in [1.82, 2.24) is 4.90 Å². The zero-order valence-corrected chi connectivity index (χ0v) is 29.3. The van der Waals surface area contributed by atoms with Crippen molar-refractivity contribution in [1.29, 1.82) is 0 Å². The molecule has 2 aliphatic rings. The maximum absolute atomic E-state index is 13.2. The average molecular weight is 667 g/mol. The van der Waals surface area contributed by atoms with Gasteiger partial charge in [-0.05, 0) is 49.6 Å². The van der Waals surface area contributed by atoms with Crippen molar-refractivity contribution in [3.63, 3.8) is 0 Å². The van der Waals surface area contributed by atoms with E-state index in [0.717, 1.165) is 24.2 Å². The molecule has 0 unspecified atom stereocenters. The summed E-state index contributed by atoms with van der Waals surface area (Å²) in [4.78, 5) is 56.4. The van der Waals surface area contributed by atoms with Crippen LogP contribution in [-0.2, 0) is 55.7 Å². The Balaban J connectivity index is 1.66. The van der Waals surface area contributed by atoms with Gasteiger partial charge in [0.05, 0.1) is 24.9 Å². The van der Waals surface area contributed by atoms with E-state index >= 15 is 0 Å². The Hall–Kier alpha value is -3.96. The van der Waals surface area contributed by atoms with Gasteiger partial charge in [-0.15, -0.1) is 0 Å². The van der Waals surface area contributed by atoms with Crippen molar-refractivity contribution >= 4 is 35.3 Å². The van der Waals surface area contributed by atoms with Gasteiger partial charge in [0.2, 0.25) is 0 Å². The number of benzene rings is 2. The predicted octanol–water partition coefficient (Wildman–Crippen LogP) is 4.85. The summed E-state index contributed by atoms with van der Waals surface area (Å²) in [5.74, 6) is -4.25. The number of anilines is 2. The van der Waals surface area contributed by atoms with Gasteiger partial charge >= 0.3 is 23.9 Å². The molecule has 2 aliphatic heterocycles. The van der Waals surface area contributed by atoms with E-state index in [1.807, 2.05) is 17.0 Å². The zero-order chi connectivity index (χ0) is 35.1. The van der Waals surface area contributed by atoms with Gasteiger partial charge in [0.1, 0.15) is 0 Å². The van der Waals surface area contributed by atoms with Gasteiger partial charge in [0.25, 0.3) is 0 Å². The maximum atomic E-state index is 13.2. The Labute approximate surface area is 283 Å². The van der Waals surface area contributed by atoms with Crippen molar-refractivity contribution in [2.75, 3.05) is 32.1 Å².